The molecule has 1 N–H and O–H groups in total. The van der Waals surface area contributed by atoms with Crippen LogP contribution < -0.4 is 0 Å². The standard InChI is InChI=1S/C21H23FN4O3S/c22-16-4-2-1-3-15(16)19(20(27)13-5-6-13)25-9-8-18(30)14(12-25)7-10-26-17(21(28)29)11-23-24-26/h1-4,7,11,13,18-19,30H,5-6,8-10,12H2,(H,28,29). The molecule has 4 rings (SSSR count). The summed E-state index contributed by atoms with van der Waals surface area (Å²) in [5.41, 5.74) is 1.38. The molecular formula is C21H23FN4O3S. The van der Waals surface area contributed by atoms with E-state index in [-0.39, 0.29) is 35.0 Å². The van der Waals surface area contributed by atoms with Gasteiger partial charge in [-0.1, -0.05) is 29.5 Å². The van der Waals surface area contributed by atoms with Crippen molar-refractivity contribution in [1.82, 2.24) is 19.9 Å². The lowest BCUT2D eigenvalue weighted by atomic mass is 9.93. The maximum Gasteiger partial charge on any atom is 0.355 e. The molecule has 7 nitrogen and oxygen atoms in total. The summed E-state index contributed by atoms with van der Waals surface area (Å²) in [6.45, 7) is 1.33. The third-order valence-corrected chi connectivity index (χ3v) is 6.27. The Morgan fingerprint density at radius 3 is 2.77 bits per heavy atom. The molecule has 1 aliphatic heterocycles. The number of benzene rings is 1. The molecule has 0 radical (unpaired) electrons. The Morgan fingerprint density at radius 1 is 1.30 bits per heavy atom. The van der Waals surface area contributed by atoms with Crippen LogP contribution in [0.25, 0.3) is 0 Å². The summed E-state index contributed by atoms with van der Waals surface area (Å²) < 4.78 is 15.9. The molecular weight excluding hydrogens is 407 g/mol. The quantitative estimate of drug-likeness (QED) is 0.519. The Labute approximate surface area is 179 Å². The van der Waals surface area contributed by atoms with Crippen LogP contribution in [0.3, 0.4) is 0 Å². The number of ketones is 1. The number of halogens is 1. The molecule has 2 heterocycles. The van der Waals surface area contributed by atoms with Crippen LogP contribution in [-0.2, 0) is 11.3 Å². The van der Waals surface area contributed by atoms with Crippen molar-refractivity contribution in [2.24, 2.45) is 5.92 Å². The molecule has 1 aliphatic carbocycles. The zero-order valence-electron chi connectivity index (χ0n) is 16.3. The molecule has 1 saturated carbocycles. The second-order valence-electron chi connectivity index (χ2n) is 7.76. The number of carboxylic acids is 1. The van der Waals surface area contributed by atoms with Crippen LogP contribution in [0, 0.1) is 11.7 Å². The van der Waals surface area contributed by atoms with E-state index in [9.17, 15) is 19.1 Å². The minimum Gasteiger partial charge on any atom is -0.476 e. The van der Waals surface area contributed by atoms with Crippen LogP contribution in [0.1, 0.15) is 41.4 Å². The number of carbonyl (C=O) groups is 2. The number of likely N-dealkylation sites (tertiary alicyclic amines) is 1. The van der Waals surface area contributed by atoms with Crippen LogP contribution in [-0.4, -0.2) is 55.1 Å². The number of aromatic carboxylic acids is 1. The number of allylic oxidation sites excluding steroid dienone is 1. The van der Waals surface area contributed by atoms with Crippen molar-refractivity contribution < 1.29 is 19.1 Å². The first-order chi connectivity index (χ1) is 14.5. The normalized spacial score (nSPS) is 22.2. The number of carboxylic acid groups (broad SMARTS) is 1. The third kappa shape index (κ3) is 4.32. The number of rotatable bonds is 7. The van der Waals surface area contributed by atoms with Gasteiger partial charge in [0.2, 0.25) is 0 Å². The lowest BCUT2D eigenvalue weighted by Gasteiger charge is -2.37. The van der Waals surface area contributed by atoms with Gasteiger partial charge in [-0.2, -0.15) is 12.6 Å². The Morgan fingerprint density at radius 2 is 2.07 bits per heavy atom. The highest BCUT2D eigenvalue weighted by molar-refractivity contribution is 7.81. The van der Waals surface area contributed by atoms with Crippen LogP contribution >= 0.6 is 12.6 Å². The van der Waals surface area contributed by atoms with Crippen molar-refractivity contribution in [3.8, 4) is 0 Å². The number of nitrogens with zero attached hydrogens (tertiary/aromatic N) is 4. The number of hydrogen-bond acceptors (Lipinski definition) is 6. The number of aromatic nitrogens is 3. The maximum atomic E-state index is 14.6. The Hall–Kier alpha value is -2.52. The zero-order valence-corrected chi connectivity index (χ0v) is 17.2. The molecule has 1 aromatic carbocycles. The van der Waals surface area contributed by atoms with Gasteiger partial charge in [-0.25, -0.2) is 13.9 Å². The predicted octanol–water partition coefficient (Wildman–Crippen LogP) is 2.77. The lowest BCUT2D eigenvalue weighted by molar-refractivity contribution is -0.126. The zero-order chi connectivity index (χ0) is 21.3. The fourth-order valence-corrected chi connectivity index (χ4v) is 4.20. The SMILES string of the molecule is O=C(O)c1cnnn1CC=C1CN(C(C(=O)C2CC2)c2ccccc2F)CCC1S. The molecule has 2 atom stereocenters. The molecule has 158 valence electrons. The molecule has 2 fully saturated rings. The molecule has 2 aromatic rings. The molecule has 1 aromatic heterocycles. The molecule has 30 heavy (non-hydrogen) atoms. The number of Topliss-reactive ketones (excluding diaryl/α,β-unsaturated/α-hetero) is 1. The van der Waals surface area contributed by atoms with Crippen molar-refractivity contribution in [3.63, 3.8) is 0 Å². The van der Waals surface area contributed by atoms with E-state index >= 15 is 0 Å². The van der Waals surface area contributed by atoms with E-state index in [1.54, 1.807) is 18.2 Å². The second kappa shape index (κ2) is 8.69. The molecule has 0 bridgehead atoms. The average Bonchev–Trinajstić information content (AvgIpc) is 3.47. The molecule has 1 saturated heterocycles. The van der Waals surface area contributed by atoms with E-state index in [0.717, 1.165) is 18.4 Å². The van der Waals surface area contributed by atoms with Gasteiger partial charge in [-0.05, 0) is 30.9 Å². The van der Waals surface area contributed by atoms with Gasteiger partial charge in [0.25, 0.3) is 0 Å². The molecule has 0 spiro atoms. The number of piperidine rings is 1. The number of hydrogen-bond donors (Lipinski definition) is 2. The summed E-state index contributed by atoms with van der Waals surface area (Å²) in [4.78, 5) is 26.3. The van der Waals surface area contributed by atoms with Gasteiger partial charge >= 0.3 is 5.97 Å². The predicted molar refractivity (Wildman–Crippen MR) is 111 cm³/mol. The first kappa shape index (κ1) is 20.7. The van der Waals surface area contributed by atoms with Crippen molar-refractivity contribution in [3.05, 3.63) is 59.2 Å². The molecule has 0 amide bonds. The van der Waals surface area contributed by atoms with Gasteiger partial charge in [0.05, 0.1) is 18.8 Å². The highest BCUT2D eigenvalue weighted by atomic mass is 32.1. The second-order valence-corrected chi connectivity index (χ2v) is 8.38. The van der Waals surface area contributed by atoms with Crippen molar-refractivity contribution in [2.45, 2.75) is 37.1 Å². The average molecular weight is 431 g/mol. The van der Waals surface area contributed by atoms with Gasteiger partial charge < -0.3 is 5.11 Å². The topological polar surface area (TPSA) is 88.3 Å². The van der Waals surface area contributed by atoms with E-state index in [4.69, 9.17) is 0 Å². The first-order valence-electron chi connectivity index (χ1n) is 9.96. The molecule has 2 unspecified atom stereocenters. The van der Waals surface area contributed by atoms with Gasteiger partial charge in [-0.3, -0.25) is 9.69 Å². The summed E-state index contributed by atoms with van der Waals surface area (Å²) in [6.07, 6.45) is 5.51. The summed E-state index contributed by atoms with van der Waals surface area (Å²) in [7, 11) is 0. The van der Waals surface area contributed by atoms with Crippen molar-refractivity contribution >= 4 is 24.4 Å². The van der Waals surface area contributed by atoms with Gasteiger partial charge in [-0.15, -0.1) is 5.10 Å². The lowest BCUT2D eigenvalue weighted by Crippen LogP contribution is -2.42. The van der Waals surface area contributed by atoms with E-state index in [1.165, 1.54) is 16.9 Å². The monoisotopic (exact) mass is 430 g/mol. The number of carbonyl (C=O) groups excluding carboxylic acids is 1. The minimum atomic E-state index is -1.10. The van der Waals surface area contributed by atoms with E-state index < -0.39 is 12.0 Å². The van der Waals surface area contributed by atoms with Crippen molar-refractivity contribution in [1.29, 1.82) is 0 Å². The highest BCUT2D eigenvalue weighted by Crippen LogP contribution is 2.39. The van der Waals surface area contributed by atoms with Crippen LogP contribution in [0.5, 0.6) is 0 Å². The summed E-state index contributed by atoms with van der Waals surface area (Å²) in [6, 6.07) is 5.84. The van der Waals surface area contributed by atoms with Gasteiger partial charge in [0.15, 0.2) is 11.5 Å². The smallest absolute Gasteiger partial charge is 0.355 e. The van der Waals surface area contributed by atoms with Gasteiger partial charge in [0.1, 0.15) is 5.82 Å². The minimum absolute atomic E-state index is 0.00312. The van der Waals surface area contributed by atoms with E-state index in [1.807, 2.05) is 11.0 Å². The summed E-state index contributed by atoms with van der Waals surface area (Å²) in [5.74, 6) is -1.39. The van der Waals surface area contributed by atoms with Crippen molar-refractivity contribution in [2.75, 3.05) is 13.1 Å². The molecule has 2 aliphatic rings. The fraction of sp³-hybridized carbons (Fsp3) is 0.429. The Kier molecular flexibility index (Phi) is 6.01. The van der Waals surface area contributed by atoms with E-state index in [0.29, 0.717) is 25.1 Å². The van der Waals surface area contributed by atoms with Crippen LogP contribution in [0.15, 0.2) is 42.1 Å². The third-order valence-electron chi connectivity index (χ3n) is 5.68. The summed E-state index contributed by atoms with van der Waals surface area (Å²) >= 11 is 4.66. The first-order valence-corrected chi connectivity index (χ1v) is 10.5. The van der Waals surface area contributed by atoms with E-state index in [2.05, 4.69) is 22.9 Å². The Balaban J connectivity index is 1.58. The number of thiol groups is 1. The largest absolute Gasteiger partial charge is 0.476 e. The van der Waals surface area contributed by atoms with Gasteiger partial charge in [0, 0.05) is 29.8 Å². The van der Waals surface area contributed by atoms with Crippen LogP contribution in [0.2, 0.25) is 0 Å². The molecule has 9 heteroatoms. The summed E-state index contributed by atoms with van der Waals surface area (Å²) in [5, 5.41) is 16.7. The fourth-order valence-electron chi connectivity index (χ4n) is 3.89. The van der Waals surface area contributed by atoms with Crippen LogP contribution in [0.4, 0.5) is 4.39 Å². The Bertz CT molecular complexity index is 988. The maximum absolute atomic E-state index is 14.6. The highest BCUT2D eigenvalue weighted by Gasteiger charge is 2.40.